The Morgan fingerprint density at radius 2 is 1.38 bits per heavy atom. The van der Waals surface area contributed by atoms with Gasteiger partial charge in [-0.05, 0) is 128 Å². The van der Waals surface area contributed by atoms with Crippen LogP contribution in [-0.2, 0) is 41.4 Å². The monoisotopic (exact) mass is 1020 g/mol. The zero-order chi connectivity index (χ0) is 53.6. The maximum absolute atomic E-state index is 14.4. The molecule has 0 saturated carbocycles. The number of nitrogens with one attached hydrogen (secondary N) is 2. The molecule has 0 radical (unpaired) electrons. The molecule has 396 valence electrons. The number of aliphatic carboxylic acids is 2. The van der Waals surface area contributed by atoms with Crippen LogP contribution in [0.2, 0.25) is 0 Å². The minimum atomic E-state index is -4.67. The quantitative estimate of drug-likeness (QED) is 0.0698. The number of likely N-dealkylation sites (tertiary alicyclic amines) is 1. The molecule has 0 bridgehead atoms. The van der Waals surface area contributed by atoms with Gasteiger partial charge in [0.15, 0.2) is 0 Å². The van der Waals surface area contributed by atoms with Gasteiger partial charge >= 0.3 is 18.1 Å². The molecule has 4 aromatic rings. The Balaban J connectivity index is 1.06. The number of aryl methyl sites for hydroxylation is 2. The van der Waals surface area contributed by atoms with Gasteiger partial charge in [0.25, 0.3) is 0 Å². The maximum atomic E-state index is 14.4. The van der Waals surface area contributed by atoms with E-state index in [1.165, 1.54) is 24.5 Å². The van der Waals surface area contributed by atoms with Crippen LogP contribution in [0, 0.1) is 30.6 Å². The van der Waals surface area contributed by atoms with Crippen LogP contribution in [0.5, 0.6) is 0 Å². The lowest BCUT2D eigenvalue weighted by atomic mass is 9.75. The van der Waals surface area contributed by atoms with E-state index in [0.717, 1.165) is 30.2 Å². The third-order valence-corrected chi connectivity index (χ3v) is 14.9. The number of alkyl halides is 3. The van der Waals surface area contributed by atoms with Crippen molar-refractivity contribution in [1.82, 2.24) is 25.5 Å². The predicted octanol–water partition coefficient (Wildman–Crippen LogP) is 9.09. The van der Waals surface area contributed by atoms with Crippen LogP contribution in [0.3, 0.4) is 0 Å². The van der Waals surface area contributed by atoms with Crippen LogP contribution in [-0.4, -0.2) is 91.9 Å². The number of pyridine rings is 2. The molecule has 3 aliphatic heterocycles. The third kappa shape index (κ3) is 12.9. The number of halogens is 3. The summed E-state index contributed by atoms with van der Waals surface area (Å²) in [5, 5.41) is 25.9. The van der Waals surface area contributed by atoms with Crippen molar-refractivity contribution in [3.63, 3.8) is 0 Å². The summed E-state index contributed by atoms with van der Waals surface area (Å²) in [7, 11) is 0. The summed E-state index contributed by atoms with van der Waals surface area (Å²) in [5.41, 5.74) is 2.56. The molecule has 7 atom stereocenters. The highest BCUT2D eigenvalue weighted by atomic mass is 19.4. The summed E-state index contributed by atoms with van der Waals surface area (Å²) in [5.74, 6) is -3.78. The van der Waals surface area contributed by atoms with Gasteiger partial charge in [0.1, 0.15) is 12.1 Å². The number of nitrogens with zero attached hydrogens (tertiary/aromatic N) is 5. The number of carbonyl (C=O) groups excluding carboxylic acids is 4. The zero-order valence-corrected chi connectivity index (χ0v) is 42.9. The minimum Gasteiger partial charge on any atom is -0.481 e. The number of piperidine rings is 2. The van der Waals surface area contributed by atoms with E-state index >= 15 is 0 Å². The molecule has 4 amide bonds. The molecule has 2 aromatic carbocycles. The number of fused-ring (bicyclic) bond motifs is 1. The fourth-order valence-electron chi connectivity index (χ4n) is 11.4. The Hall–Kier alpha value is -6.85. The number of benzene rings is 2. The van der Waals surface area contributed by atoms with Gasteiger partial charge in [-0.3, -0.25) is 43.6 Å². The van der Waals surface area contributed by atoms with Gasteiger partial charge < -0.3 is 30.6 Å². The molecule has 5 heterocycles. The average molecular weight is 1020 g/mol. The van der Waals surface area contributed by atoms with E-state index in [2.05, 4.69) is 32.4 Å². The van der Waals surface area contributed by atoms with Crippen LogP contribution in [0.15, 0.2) is 79.4 Å². The molecular weight excluding hydrogens is 956 g/mol. The van der Waals surface area contributed by atoms with Crippen molar-refractivity contribution in [2.75, 3.05) is 22.9 Å². The summed E-state index contributed by atoms with van der Waals surface area (Å²) >= 11 is 0. The maximum Gasteiger partial charge on any atom is 0.417 e. The van der Waals surface area contributed by atoms with Gasteiger partial charge in [-0.1, -0.05) is 58.0 Å². The van der Waals surface area contributed by atoms with E-state index in [4.69, 9.17) is 0 Å². The first kappa shape index (κ1) is 54.9. The van der Waals surface area contributed by atoms with Crippen LogP contribution >= 0.6 is 0 Å². The van der Waals surface area contributed by atoms with Gasteiger partial charge in [-0.15, -0.1) is 0 Å². The molecule has 2 aromatic heterocycles. The Kier molecular flexibility index (Phi) is 17.5. The molecule has 4 N–H and O–H groups in total. The van der Waals surface area contributed by atoms with Gasteiger partial charge in [0.2, 0.25) is 23.6 Å². The predicted molar refractivity (Wildman–Crippen MR) is 273 cm³/mol. The molecular formula is C56H68F3N7O8. The molecule has 0 aliphatic carbocycles. The second kappa shape index (κ2) is 23.6. The molecule has 74 heavy (non-hydrogen) atoms. The van der Waals surface area contributed by atoms with Crippen molar-refractivity contribution < 1.29 is 52.2 Å². The van der Waals surface area contributed by atoms with Crippen molar-refractivity contribution in [3.05, 3.63) is 107 Å². The fraction of sp³-hybridized carbons (Fsp3) is 0.500. The highest BCUT2D eigenvalue weighted by Gasteiger charge is 2.42. The normalized spacial score (nSPS) is 19.9. The number of aromatic nitrogens is 2. The first-order chi connectivity index (χ1) is 35.1. The number of carboxylic acids is 2. The second-order valence-electron chi connectivity index (χ2n) is 21.1. The molecule has 4 unspecified atom stereocenters. The Labute approximate surface area is 430 Å². The highest BCUT2D eigenvalue weighted by molar-refractivity contribution is 6.03. The summed E-state index contributed by atoms with van der Waals surface area (Å²) in [6.45, 7) is 12.3. The molecule has 18 heteroatoms. The van der Waals surface area contributed by atoms with Gasteiger partial charge in [0, 0.05) is 61.8 Å². The number of amides is 4. The van der Waals surface area contributed by atoms with Crippen molar-refractivity contribution in [2.45, 2.75) is 142 Å². The molecule has 3 aliphatic rings. The van der Waals surface area contributed by atoms with Crippen molar-refractivity contribution in [1.29, 1.82) is 0 Å². The number of rotatable bonds is 19. The summed E-state index contributed by atoms with van der Waals surface area (Å²) < 4.78 is 42.5. The minimum absolute atomic E-state index is 0.0406. The van der Waals surface area contributed by atoms with E-state index in [-0.39, 0.29) is 84.0 Å². The molecule has 0 spiro atoms. The number of para-hydroxylation sites is 1. The first-order valence-corrected chi connectivity index (χ1v) is 25.7. The van der Waals surface area contributed by atoms with Crippen molar-refractivity contribution >= 4 is 46.9 Å². The number of hydrogen-bond acceptors (Lipinski definition) is 9. The second-order valence-corrected chi connectivity index (χ2v) is 21.1. The van der Waals surface area contributed by atoms with E-state index < -0.39 is 72.5 Å². The average Bonchev–Trinajstić information content (AvgIpc) is 3.34. The number of anilines is 2. The highest BCUT2D eigenvalue weighted by Crippen LogP contribution is 2.41. The lowest BCUT2D eigenvalue weighted by Crippen LogP contribution is -2.55. The number of carboxylic acid groups (broad SMARTS) is 2. The SMILES string of the molecule is Cc1cccc(C(F)(F)F)c1-c1cncc([C@H](CC(=O)O)NC(=O)C(CC(C)C)N2CCC(C3CCCN(c4cncc([C@H](CC(=O)O)NC(=O)C(CC(C)C)N5C(=O)CCc6ccccc65)c4)[C@H]3C)CC2=O)c1. The van der Waals surface area contributed by atoms with E-state index in [0.29, 0.717) is 42.6 Å². The smallest absolute Gasteiger partial charge is 0.417 e. The van der Waals surface area contributed by atoms with Crippen LogP contribution in [0.1, 0.15) is 132 Å². The summed E-state index contributed by atoms with van der Waals surface area (Å²) in [4.78, 5) is 95.1. The van der Waals surface area contributed by atoms with E-state index in [1.807, 2.05) is 58.0 Å². The first-order valence-electron chi connectivity index (χ1n) is 25.7. The fourth-order valence-corrected chi connectivity index (χ4v) is 11.4. The topological polar surface area (TPSA) is 202 Å². The van der Waals surface area contributed by atoms with Crippen molar-refractivity contribution in [3.8, 4) is 11.1 Å². The van der Waals surface area contributed by atoms with Crippen LogP contribution in [0.4, 0.5) is 24.5 Å². The summed E-state index contributed by atoms with van der Waals surface area (Å²) in [6.07, 6.45) is 4.04. The summed E-state index contributed by atoms with van der Waals surface area (Å²) in [6, 6.07) is 10.6. The van der Waals surface area contributed by atoms with Crippen LogP contribution < -0.4 is 20.4 Å². The molecule has 2 fully saturated rings. The number of carbonyl (C=O) groups is 6. The van der Waals surface area contributed by atoms with Gasteiger partial charge in [-0.25, -0.2) is 0 Å². The molecule has 15 nitrogen and oxygen atoms in total. The van der Waals surface area contributed by atoms with Crippen molar-refractivity contribution in [2.24, 2.45) is 23.7 Å². The molecule has 7 rings (SSSR count). The van der Waals surface area contributed by atoms with Gasteiger partial charge in [-0.2, -0.15) is 13.2 Å². The van der Waals surface area contributed by atoms with Gasteiger partial charge in [0.05, 0.1) is 42.4 Å². The Bertz CT molecular complexity index is 2710. The zero-order valence-electron chi connectivity index (χ0n) is 42.9. The largest absolute Gasteiger partial charge is 0.481 e. The van der Waals surface area contributed by atoms with E-state index in [9.17, 15) is 52.2 Å². The number of hydrogen-bond donors (Lipinski definition) is 4. The Morgan fingerprint density at radius 3 is 2.01 bits per heavy atom. The van der Waals surface area contributed by atoms with Crippen LogP contribution in [0.25, 0.3) is 11.1 Å². The van der Waals surface area contributed by atoms with E-state index in [1.54, 1.807) is 35.2 Å². The standard InChI is InChI=1S/C56H68F3N7O8/c1-32(2)21-47(54(73)62-44(26-51(69)70)38-23-40(30-60-28-38)53-34(5)11-9-14-43(53)56(57,58)59)65-20-18-37(25-50(65)68)42-13-10-19-64(35(42)6)41-24-39(29-61-31-41)45(27-52(71)72)63-55(74)48(22-33(3)4)66-46-15-8-7-12-36(46)16-17-49(66)67/h7-9,11-12,14-15,23-24,28-33,35,37,42,44-45,47-48H,10,13,16-22,25-27H2,1-6H3,(H,62,73)(H,63,74)(H,69,70)(H,71,72)/t35-,37?,42?,44-,45-,47?,48?/m0/s1. The lowest BCUT2D eigenvalue weighted by Gasteiger charge is -2.47. The third-order valence-electron chi connectivity index (χ3n) is 14.9. The lowest BCUT2D eigenvalue weighted by molar-refractivity contribution is -0.146. The molecule has 2 saturated heterocycles. The Morgan fingerprint density at radius 1 is 0.757 bits per heavy atom.